The van der Waals surface area contributed by atoms with Crippen LogP contribution in [0.1, 0.15) is 18.4 Å². The highest BCUT2D eigenvalue weighted by molar-refractivity contribution is 5.04. The van der Waals surface area contributed by atoms with Crippen LogP contribution >= 0.6 is 0 Å². The van der Waals surface area contributed by atoms with Gasteiger partial charge in [-0.1, -0.05) is 12.2 Å². The number of rotatable bonds is 7. The van der Waals surface area contributed by atoms with E-state index in [1.807, 2.05) is 26.0 Å². The van der Waals surface area contributed by atoms with Gasteiger partial charge in [-0.3, -0.25) is 0 Å². The first-order valence-corrected chi connectivity index (χ1v) is 5.16. The van der Waals surface area contributed by atoms with E-state index in [4.69, 9.17) is 9.15 Å². The van der Waals surface area contributed by atoms with E-state index in [1.165, 1.54) is 0 Å². The van der Waals surface area contributed by atoms with Crippen molar-refractivity contribution < 1.29 is 9.15 Å². The molecule has 0 radical (unpaired) electrons. The first-order chi connectivity index (χ1) is 7.18. The maximum Gasteiger partial charge on any atom is 0.117 e. The third-order valence-electron chi connectivity index (χ3n) is 1.87. The number of aryl methyl sites for hydroxylation is 1. The van der Waals surface area contributed by atoms with Crippen molar-refractivity contribution in [1.29, 1.82) is 0 Å². The third-order valence-corrected chi connectivity index (χ3v) is 1.87. The van der Waals surface area contributed by atoms with E-state index in [2.05, 4.69) is 11.9 Å². The zero-order chi connectivity index (χ0) is 11.1. The molecule has 0 amide bonds. The Balaban J connectivity index is 2.00. The van der Waals surface area contributed by atoms with Crippen molar-refractivity contribution in [2.24, 2.45) is 0 Å². The molecule has 0 spiro atoms. The summed E-state index contributed by atoms with van der Waals surface area (Å²) < 4.78 is 10.8. The van der Waals surface area contributed by atoms with Gasteiger partial charge in [0, 0.05) is 6.54 Å². The Labute approximate surface area is 91.1 Å². The van der Waals surface area contributed by atoms with E-state index in [0.29, 0.717) is 13.2 Å². The lowest BCUT2D eigenvalue weighted by Gasteiger charge is -2.04. The summed E-state index contributed by atoms with van der Waals surface area (Å²) in [6.07, 6.45) is 0. The standard InChI is InChI=1S/C12H19NO2/c1-10(2)9-14-7-6-13-8-12-5-4-11(3)15-12/h4-5,13H,1,6-9H2,2-3H3. The molecule has 1 aromatic heterocycles. The molecule has 0 aliphatic heterocycles. The molecule has 0 saturated heterocycles. The molecule has 3 nitrogen and oxygen atoms in total. The van der Waals surface area contributed by atoms with Gasteiger partial charge in [-0.2, -0.15) is 0 Å². The highest BCUT2D eigenvalue weighted by Gasteiger charge is 1.96. The Morgan fingerprint density at radius 2 is 2.33 bits per heavy atom. The summed E-state index contributed by atoms with van der Waals surface area (Å²) in [6.45, 7) is 10.6. The molecule has 84 valence electrons. The Bertz CT molecular complexity index is 304. The lowest BCUT2D eigenvalue weighted by Crippen LogP contribution is -2.19. The number of ether oxygens (including phenoxy) is 1. The average molecular weight is 209 g/mol. The topological polar surface area (TPSA) is 34.4 Å². The minimum absolute atomic E-state index is 0.640. The van der Waals surface area contributed by atoms with Gasteiger partial charge in [0.15, 0.2) is 0 Å². The molecule has 0 aliphatic carbocycles. The van der Waals surface area contributed by atoms with E-state index in [1.54, 1.807) is 0 Å². The lowest BCUT2D eigenvalue weighted by molar-refractivity contribution is 0.157. The molecule has 0 bridgehead atoms. The van der Waals surface area contributed by atoms with Crippen LogP contribution in [0.3, 0.4) is 0 Å². The molecular weight excluding hydrogens is 190 g/mol. The van der Waals surface area contributed by atoms with E-state index in [-0.39, 0.29) is 0 Å². The predicted molar refractivity (Wildman–Crippen MR) is 60.8 cm³/mol. The monoisotopic (exact) mass is 209 g/mol. The molecule has 0 fully saturated rings. The Morgan fingerprint density at radius 1 is 1.53 bits per heavy atom. The number of furan rings is 1. The number of nitrogens with one attached hydrogen (secondary N) is 1. The summed E-state index contributed by atoms with van der Waals surface area (Å²) in [5.41, 5.74) is 1.05. The normalized spacial score (nSPS) is 10.5. The fourth-order valence-electron chi connectivity index (χ4n) is 1.18. The van der Waals surface area contributed by atoms with Crippen molar-refractivity contribution in [2.75, 3.05) is 19.8 Å². The van der Waals surface area contributed by atoms with Crippen LogP contribution < -0.4 is 5.32 Å². The van der Waals surface area contributed by atoms with Gasteiger partial charge >= 0.3 is 0 Å². The average Bonchev–Trinajstić information content (AvgIpc) is 2.57. The first-order valence-electron chi connectivity index (χ1n) is 5.16. The van der Waals surface area contributed by atoms with Gasteiger partial charge in [0.25, 0.3) is 0 Å². The van der Waals surface area contributed by atoms with Crippen LogP contribution in [0.15, 0.2) is 28.7 Å². The molecule has 0 aromatic carbocycles. The van der Waals surface area contributed by atoms with Crippen molar-refractivity contribution in [2.45, 2.75) is 20.4 Å². The van der Waals surface area contributed by atoms with E-state index >= 15 is 0 Å². The molecule has 1 aromatic rings. The van der Waals surface area contributed by atoms with Gasteiger partial charge in [-0.15, -0.1) is 0 Å². The molecule has 0 unspecified atom stereocenters. The number of hydrogen-bond donors (Lipinski definition) is 1. The molecule has 1 heterocycles. The van der Waals surface area contributed by atoms with E-state index in [9.17, 15) is 0 Å². The highest BCUT2D eigenvalue weighted by atomic mass is 16.5. The summed E-state index contributed by atoms with van der Waals surface area (Å²) in [6, 6.07) is 3.95. The van der Waals surface area contributed by atoms with Crippen molar-refractivity contribution in [1.82, 2.24) is 5.32 Å². The summed E-state index contributed by atoms with van der Waals surface area (Å²) in [4.78, 5) is 0. The van der Waals surface area contributed by atoms with E-state index in [0.717, 1.165) is 30.2 Å². The largest absolute Gasteiger partial charge is 0.465 e. The minimum Gasteiger partial charge on any atom is -0.465 e. The third kappa shape index (κ3) is 5.40. The SMILES string of the molecule is C=C(C)COCCNCc1ccc(C)o1. The van der Waals surface area contributed by atoms with E-state index < -0.39 is 0 Å². The Morgan fingerprint density at radius 3 is 2.93 bits per heavy atom. The molecular formula is C12H19NO2. The second-order valence-corrected chi connectivity index (χ2v) is 3.70. The maximum absolute atomic E-state index is 5.41. The van der Waals surface area contributed by atoms with Gasteiger partial charge < -0.3 is 14.5 Å². The van der Waals surface area contributed by atoms with Crippen LogP contribution in [0.2, 0.25) is 0 Å². The molecule has 0 aliphatic rings. The second kappa shape index (κ2) is 6.43. The quantitative estimate of drug-likeness (QED) is 0.552. The van der Waals surface area contributed by atoms with Crippen molar-refractivity contribution in [3.05, 3.63) is 35.8 Å². The van der Waals surface area contributed by atoms with Crippen molar-refractivity contribution in [3.8, 4) is 0 Å². The van der Waals surface area contributed by atoms with Gasteiger partial charge in [0.2, 0.25) is 0 Å². The van der Waals surface area contributed by atoms with Gasteiger partial charge in [0.05, 0.1) is 19.8 Å². The smallest absolute Gasteiger partial charge is 0.117 e. The van der Waals surface area contributed by atoms with Gasteiger partial charge in [0.1, 0.15) is 11.5 Å². The summed E-state index contributed by atoms with van der Waals surface area (Å²) in [7, 11) is 0. The number of hydrogen-bond acceptors (Lipinski definition) is 3. The fraction of sp³-hybridized carbons (Fsp3) is 0.500. The van der Waals surface area contributed by atoms with Gasteiger partial charge in [-0.25, -0.2) is 0 Å². The molecule has 3 heteroatoms. The molecule has 0 saturated carbocycles. The highest BCUT2D eigenvalue weighted by Crippen LogP contribution is 2.04. The predicted octanol–water partition coefficient (Wildman–Crippen LogP) is 2.27. The minimum atomic E-state index is 0.640. The Kier molecular flexibility index (Phi) is 5.15. The van der Waals surface area contributed by atoms with Crippen LogP contribution in [0.5, 0.6) is 0 Å². The first kappa shape index (κ1) is 12.0. The van der Waals surface area contributed by atoms with Crippen LogP contribution in [0.25, 0.3) is 0 Å². The van der Waals surface area contributed by atoms with Gasteiger partial charge in [-0.05, 0) is 26.0 Å². The molecule has 1 N–H and O–H groups in total. The maximum atomic E-state index is 5.41. The van der Waals surface area contributed by atoms with Crippen molar-refractivity contribution in [3.63, 3.8) is 0 Å². The van der Waals surface area contributed by atoms with Crippen LogP contribution in [0, 0.1) is 6.92 Å². The second-order valence-electron chi connectivity index (χ2n) is 3.70. The molecule has 15 heavy (non-hydrogen) atoms. The van der Waals surface area contributed by atoms with Crippen LogP contribution in [-0.4, -0.2) is 19.8 Å². The molecule has 1 rings (SSSR count). The zero-order valence-corrected chi connectivity index (χ0v) is 9.51. The lowest BCUT2D eigenvalue weighted by atomic mass is 10.4. The molecule has 0 atom stereocenters. The summed E-state index contributed by atoms with van der Waals surface area (Å²) >= 11 is 0. The van der Waals surface area contributed by atoms with Crippen molar-refractivity contribution >= 4 is 0 Å². The van der Waals surface area contributed by atoms with Crippen LogP contribution in [0.4, 0.5) is 0 Å². The summed E-state index contributed by atoms with van der Waals surface area (Å²) in [5.74, 6) is 1.91. The van der Waals surface area contributed by atoms with Crippen LogP contribution in [-0.2, 0) is 11.3 Å². The zero-order valence-electron chi connectivity index (χ0n) is 9.51. The Hall–Kier alpha value is -1.06. The summed E-state index contributed by atoms with van der Waals surface area (Å²) in [5, 5.41) is 3.24. The fourth-order valence-corrected chi connectivity index (χ4v) is 1.18.